The van der Waals surface area contributed by atoms with Gasteiger partial charge in [-0.15, -0.1) is 0 Å². The Bertz CT molecular complexity index is 900. The number of piperazine rings is 1. The molecule has 1 amide bonds. The van der Waals surface area contributed by atoms with Crippen molar-refractivity contribution in [3.8, 4) is 11.4 Å². The molecule has 7 nitrogen and oxygen atoms in total. The number of pyridine rings is 1. The van der Waals surface area contributed by atoms with E-state index < -0.39 is 0 Å². The van der Waals surface area contributed by atoms with Gasteiger partial charge in [0, 0.05) is 50.0 Å². The van der Waals surface area contributed by atoms with Crippen LogP contribution in [-0.4, -0.2) is 52.1 Å². The summed E-state index contributed by atoms with van der Waals surface area (Å²) in [6.07, 6.45) is 2.38. The molecule has 138 valence electrons. The first-order valence-electron chi connectivity index (χ1n) is 9.13. The fourth-order valence-corrected chi connectivity index (χ4v) is 3.16. The third kappa shape index (κ3) is 3.67. The molecule has 7 heteroatoms. The number of benzene rings is 1. The van der Waals surface area contributed by atoms with Crippen molar-refractivity contribution in [3.63, 3.8) is 0 Å². The maximum atomic E-state index is 12.5. The zero-order valence-electron chi connectivity index (χ0n) is 15.2. The van der Waals surface area contributed by atoms with Gasteiger partial charge in [0.05, 0.1) is 0 Å². The minimum Gasteiger partial charge on any atom is -0.368 e. The zero-order chi connectivity index (χ0) is 18.6. The molecule has 0 bridgehead atoms. The summed E-state index contributed by atoms with van der Waals surface area (Å²) in [5, 5.41) is 4.01. The number of rotatable bonds is 4. The summed E-state index contributed by atoms with van der Waals surface area (Å²) in [5.41, 5.74) is 2.57. The average Bonchev–Trinajstić information content (AvgIpc) is 3.23. The second kappa shape index (κ2) is 7.57. The summed E-state index contributed by atoms with van der Waals surface area (Å²) in [5.74, 6) is 1.25. The molecule has 2 aromatic heterocycles. The highest BCUT2D eigenvalue weighted by Gasteiger charge is 2.23. The molecule has 0 aliphatic carbocycles. The van der Waals surface area contributed by atoms with Crippen molar-refractivity contribution in [3.05, 3.63) is 60.2 Å². The average molecular weight is 363 g/mol. The summed E-state index contributed by atoms with van der Waals surface area (Å²) in [4.78, 5) is 25.1. The van der Waals surface area contributed by atoms with E-state index in [0.29, 0.717) is 30.5 Å². The van der Waals surface area contributed by atoms with Gasteiger partial charge in [-0.1, -0.05) is 18.1 Å². The number of hydrogen-bond acceptors (Lipinski definition) is 6. The Hall–Kier alpha value is -3.22. The van der Waals surface area contributed by atoms with Crippen LogP contribution in [-0.2, 0) is 6.42 Å². The van der Waals surface area contributed by atoms with Gasteiger partial charge in [-0.05, 0) is 36.4 Å². The van der Waals surface area contributed by atoms with Crippen molar-refractivity contribution in [2.75, 3.05) is 31.1 Å². The fourth-order valence-electron chi connectivity index (χ4n) is 3.16. The first kappa shape index (κ1) is 17.2. The largest absolute Gasteiger partial charge is 0.368 e. The van der Waals surface area contributed by atoms with Gasteiger partial charge in [-0.3, -0.25) is 9.78 Å². The van der Waals surface area contributed by atoms with Crippen molar-refractivity contribution < 1.29 is 9.32 Å². The first-order chi connectivity index (χ1) is 13.2. The lowest BCUT2D eigenvalue weighted by Gasteiger charge is -2.36. The molecule has 1 aromatic carbocycles. The van der Waals surface area contributed by atoms with E-state index in [-0.39, 0.29) is 5.91 Å². The van der Waals surface area contributed by atoms with E-state index in [9.17, 15) is 4.79 Å². The Balaban J connectivity index is 1.39. The molecule has 0 saturated carbocycles. The van der Waals surface area contributed by atoms with Gasteiger partial charge in [0.1, 0.15) is 5.69 Å². The van der Waals surface area contributed by atoms with Crippen LogP contribution in [0.3, 0.4) is 0 Å². The molecular formula is C20H21N5O2. The lowest BCUT2D eigenvalue weighted by molar-refractivity contribution is 0.0741. The predicted octanol–water partition coefficient (Wildman–Crippen LogP) is 2.66. The maximum Gasteiger partial charge on any atom is 0.272 e. The molecule has 0 spiro atoms. The molecule has 1 saturated heterocycles. The molecule has 0 radical (unpaired) electrons. The second-order valence-corrected chi connectivity index (χ2v) is 6.41. The minimum atomic E-state index is -0.00515. The van der Waals surface area contributed by atoms with Crippen LogP contribution in [0.2, 0.25) is 0 Å². The Morgan fingerprint density at radius 3 is 2.48 bits per heavy atom. The lowest BCUT2D eigenvalue weighted by atomic mass is 10.1. The number of anilines is 1. The maximum absolute atomic E-state index is 12.5. The van der Waals surface area contributed by atoms with Crippen molar-refractivity contribution in [1.82, 2.24) is 20.0 Å². The fraction of sp³-hybridized carbons (Fsp3) is 0.300. The summed E-state index contributed by atoms with van der Waals surface area (Å²) >= 11 is 0. The van der Waals surface area contributed by atoms with Gasteiger partial charge in [-0.25, -0.2) is 0 Å². The third-order valence-electron chi connectivity index (χ3n) is 4.71. The van der Waals surface area contributed by atoms with E-state index in [4.69, 9.17) is 4.52 Å². The van der Waals surface area contributed by atoms with Gasteiger partial charge < -0.3 is 14.3 Å². The van der Waals surface area contributed by atoms with Crippen LogP contribution in [0.25, 0.3) is 11.4 Å². The Morgan fingerprint density at radius 2 is 1.85 bits per heavy atom. The van der Waals surface area contributed by atoms with Crippen LogP contribution in [0.15, 0.2) is 53.2 Å². The summed E-state index contributed by atoms with van der Waals surface area (Å²) in [6.45, 7) is 4.93. The van der Waals surface area contributed by atoms with Crippen LogP contribution in [0.1, 0.15) is 23.3 Å². The van der Waals surface area contributed by atoms with E-state index >= 15 is 0 Å². The molecule has 1 aliphatic heterocycles. The summed E-state index contributed by atoms with van der Waals surface area (Å²) in [6, 6.07) is 13.5. The number of amides is 1. The van der Waals surface area contributed by atoms with Gasteiger partial charge in [0.2, 0.25) is 11.7 Å². The normalized spacial score (nSPS) is 14.4. The van der Waals surface area contributed by atoms with Gasteiger partial charge >= 0.3 is 0 Å². The van der Waals surface area contributed by atoms with Crippen LogP contribution in [0.4, 0.5) is 5.69 Å². The molecule has 0 N–H and O–H groups in total. The van der Waals surface area contributed by atoms with Gasteiger partial charge in [-0.2, -0.15) is 4.98 Å². The molecule has 4 rings (SSSR count). The van der Waals surface area contributed by atoms with Crippen LogP contribution >= 0.6 is 0 Å². The molecule has 1 aliphatic rings. The number of hydrogen-bond donors (Lipinski definition) is 0. The monoisotopic (exact) mass is 363 g/mol. The molecule has 3 heterocycles. The summed E-state index contributed by atoms with van der Waals surface area (Å²) < 4.78 is 5.17. The number of nitrogens with zero attached hydrogens (tertiary/aromatic N) is 5. The first-order valence-corrected chi connectivity index (χ1v) is 9.13. The number of carbonyl (C=O) groups is 1. The highest BCUT2D eigenvalue weighted by atomic mass is 16.5. The Morgan fingerprint density at radius 1 is 1.07 bits per heavy atom. The van der Waals surface area contributed by atoms with Crippen LogP contribution < -0.4 is 4.90 Å². The van der Waals surface area contributed by atoms with Crippen molar-refractivity contribution in [2.45, 2.75) is 13.3 Å². The van der Waals surface area contributed by atoms with Crippen molar-refractivity contribution >= 4 is 11.6 Å². The van der Waals surface area contributed by atoms with E-state index in [1.54, 1.807) is 12.3 Å². The van der Waals surface area contributed by atoms with E-state index in [0.717, 1.165) is 30.8 Å². The topological polar surface area (TPSA) is 75.4 Å². The van der Waals surface area contributed by atoms with Crippen molar-refractivity contribution in [1.29, 1.82) is 0 Å². The molecule has 3 aromatic rings. The summed E-state index contributed by atoms with van der Waals surface area (Å²) in [7, 11) is 0. The minimum absolute atomic E-state index is 0.00515. The third-order valence-corrected chi connectivity index (χ3v) is 4.71. The van der Waals surface area contributed by atoms with Gasteiger partial charge in [0.15, 0.2) is 0 Å². The number of aromatic nitrogens is 3. The number of carbonyl (C=O) groups excluding carboxylic acids is 1. The van der Waals surface area contributed by atoms with E-state index in [1.807, 2.05) is 36.1 Å². The second-order valence-electron chi connectivity index (χ2n) is 6.41. The Labute approximate surface area is 157 Å². The highest BCUT2D eigenvalue weighted by molar-refractivity contribution is 5.92. The quantitative estimate of drug-likeness (QED) is 0.709. The zero-order valence-corrected chi connectivity index (χ0v) is 15.2. The molecular weight excluding hydrogens is 342 g/mol. The van der Waals surface area contributed by atoms with E-state index in [2.05, 4.69) is 32.2 Å². The lowest BCUT2D eigenvalue weighted by Crippen LogP contribution is -2.49. The standard InChI is InChI=1S/C20H21N5O2/c1-2-18-22-19(23-27-18)15-6-8-16(9-7-15)24-11-13-25(14-12-24)20(26)17-5-3-4-10-21-17/h3-10H,2,11-14H2,1H3. The molecule has 0 atom stereocenters. The Kier molecular flexibility index (Phi) is 4.82. The highest BCUT2D eigenvalue weighted by Crippen LogP contribution is 2.22. The SMILES string of the molecule is CCc1nc(-c2ccc(N3CCN(C(=O)c4ccccn4)CC3)cc2)no1. The smallest absolute Gasteiger partial charge is 0.272 e. The van der Waals surface area contributed by atoms with Crippen LogP contribution in [0.5, 0.6) is 0 Å². The number of aryl methyl sites for hydroxylation is 1. The predicted molar refractivity (Wildman–Crippen MR) is 101 cm³/mol. The van der Waals surface area contributed by atoms with Gasteiger partial charge in [0.25, 0.3) is 5.91 Å². The van der Waals surface area contributed by atoms with E-state index in [1.165, 1.54) is 0 Å². The molecule has 1 fully saturated rings. The molecule has 27 heavy (non-hydrogen) atoms. The van der Waals surface area contributed by atoms with Crippen LogP contribution in [0, 0.1) is 0 Å². The molecule has 0 unspecified atom stereocenters. The van der Waals surface area contributed by atoms with Crippen molar-refractivity contribution in [2.24, 2.45) is 0 Å².